The molecule has 0 amide bonds. The number of carbonyl (C=O) groups excluding carboxylic acids is 1. The fraction of sp³-hybridized carbons (Fsp3) is 0.938. The number of nitrogens with one attached hydrogen (secondary N) is 1. The highest BCUT2D eigenvalue weighted by atomic mass is 32.2. The van der Waals surface area contributed by atoms with Gasteiger partial charge in [-0.15, -0.1) is 0 Å². The number of piperidine rings is 1. The summed E-state index contributed by atoms with van der Waals surface area (Å²) in [7, 11) is 0. The van der Waals surface area contributed by atoms with Crippen LogP contribution in [-0.2, 0) is 9.53 Å². The minimum atomic E-state index is 0.0550. The predicted molar refractivity (Wildman–Crippen MR) is 81.0 cm³/mol. The molecule has 0 radical (unpaired) electrons. The van der Waals surface area contributed by atoms with Crippen molar-refractivity contribution < 1.29 is 9.53 Å². The average Bonchev–Trinajstić information content (AvgIpc) is 2.97. The lowest BCUT2D eigenvalue weighted by Crippen LogP contribution is -2.43. The van der Waals surface area contributed by atoms with Crippen molar-refractivity contribution in [2.24, 2.45) is 17.3 Å². The maximum Gasteiger partial charge on any atom is 0.139 e. The van der Waals surface area contributed by atoms with Crippen LogP contribution in [0.2, 0.25) is 0 Å². The Kier molecular flexibility index (Phi) is 3.39. The fourth-order valence-electron chi connectivity index (χ4n) is 4.65. The lowest BCUT2D eigenvalue weighted by atomic mass is 9.79. The van der Waals surface area contributed by atoms with Crippen LogP contribution in [0.15, 0.2) is 0 Å². The zero-order valence-corrected chi connectivity index (χ0v) is 13.0. The van der Waals surface area contributed by atoms with Crippen molar-refractivity contribution in [1.29, 1.82) is 0 Å². The maximum atomic E-state index is 12.9. The van der Waals surface area contributed by atoms with Crippen LogP contribution < -0.4 is 5.32 Å². The van der Waals surface area contributed by atoms with Crippen molar-refractivity contribution in [2.45, 2.75) is 44.1 Å². The molecule has 3 unspecified atom stereocenters. The monoisotopic (exact) mass is 295 g/mol. The number of hydrogen-bond acceptors (Lipinski definition) is 4. The third kappa shape index (κ3) is 2.24. The molecule has 4 rings (SSSR count). The van der Waals surface area contributed by atoms with E-state index in [0.29, 0.717) is 23.0 Å². The van der Waals surface area contributed by atoms with Gasteiger partial charge >= 0.3 is 0 Å². The minimum absolute atomic E-state index is 0.0550. The second kappa shape index (κ2) is 4.99. The molecule has 1 aliphatic carbocycles. The summed E-state index contributed by atoms with van der Waals surface area (Å²) in [5.74, 6) is 3.59. The minimum Gasteiger partial charge on any atom is -0.374 e. The Bertz CT molecular complexity index is 399. The van der Waals surface area contributed by atoms with Gasteiger partial charge in [0, 0.05) is 24.2 Å². The molecule has 112 valence electrons. The molecular formula is C16H25NO2S. The molecule has 0 aromatic carbocycles. The smallest absolute Gasteiger partial charge is 0.139 e. The third-order valence-corrected chi connectivity index (χ3v) is 7.32. The van der Waals surface area contributed by atoms with Crippen molar-refractivity contribution in [2.75, 3.05) is 31.2 Å². The highest BCUT2D eigenvalue weighted by molar-refractivity contribution is 7.99. The van der Waals surface area contributed by atoms with Crippen LogP contribution in [-0.4, -0.2) is 42.6 Å². The molecule has 3 heterocycles. The van der Waals surface area contributed by atoms with E-state index in [1.165, 1.54) is 25.0 Å². The van der Waals surface area contributed by atoms with E-state index in [0.717, 1.165) is 44.7 Å². The van der Waals surface area contributed by atoms with Crippen molar-refractivity contribution in [1.82, 2.24) is 5.32 Å². The summed E-state index contributed by atoms with van der Waals surface area (Å²) in [4.78, 5) is 12.9. The number of Topliss-reactive ketones (excluding diaryl/α,β-unsaturated/α-hetero) is 1. The molecule has 3 saturated heterocycles. The zero-order valence-electron chi connectivity index (χ0n) is 12.2. The molecule has 2 spiro atoms. The summed E-state index contributed by atoms with van der Waals surface area (Å²) < 4.78 is 6.06. The highest BCUT2D eigenvalue weighted by Crippen LogP contribution is 2.60. The normalized spacial score (nSPS) is 43.0. The molecule has 3 atom stereocenters. The number of ether oxygens (including phenoxy) is 1. The van der Waals surface area contributed by atoms with Crippen molar-refractivity contribution >= 4 is 17.5 Å². The molecular weight excluding hydrogens is 270 g/mol. The molecule has 4 aliphatic rings. The number of rotatable bonds is 2. The van der Waals surface area contributed by atoms with E-state index in [-0.39, 0.29) is 5.60 Å². The van der Waals surface area contributed by atoms with Crippen LogP contribution in [0.1, 0.15) is 38.5 Å². The Balaban J connectivity index is 1.41. The third-order valence-electron chi connectivity index (χ3n) is 6.09. The van der Waals surface area contributed by atoms with Gasteiger partial charge in [-0.05, 0) is 62.8 Å². The molecule has 0 aromatic heterocycles. The number of carbonyl (C=O) groups is 1. The summed E-state index contributed by atoms with van der Waals surface area (Å²) in [5.41, 5.74) is 0.456. The van der Waals surface area contributed by atoms with Crippen LogP contribution in [0.3, 0.4) is 0 Å². The van der Waals surface area contributed by atoms with E-state index in [1.807, 2.05) is 11.8 Å². The Morgan fingerprint density at radius 3 is 2.80 bits per heavy atom. The summed E-state index contributed by atoms with van der Waals surface area (Å²) in [5, 5.41) is 3.42. The molecule has 0 bridgehead atoms. The van der Waals surface area contributed by atoms with Gasteiger partial charge in [0.1, 0.15) is 5.78 Å². The van der Waals surface area contributed by atoms with Crippen LogP contribution in [0.25, 0.3) is 0 Å². The Labute approximate surface area is 125 Å². The van der Waals surface area contributed by atoms with E-state index in [4.69, 9.17) is 4.74 Å². The van der Waals surface area contributed by atoms with E-state index < -0.39 is 0 Å². The fourth-order valence-corrected chi connectivity index (χ4v) is 6.02. The van der Waals surface area contributed by atoms with Crippen molar-refractivity contribution in [3.05, 3.63) is 0 Å². The Morgan fingerprint density at radius 1 is 1.20 bits per heavy atom. The van der Waals surface area contributed by atoms with Gasteiger partial charge in [0.15, 0.2) is 0 Å². The van der Waals surface area contributed by atoms with Crippen LogP contribution in [0.4, 0.5) is 0 Å². The van der Waals surface area contributed by atoms with Gasteiger partial charge in [-0.1, -0.05) is 0 Å². The van der Waals surface area contributed by atoms with Crippen LogP contribution in [0, 0.1) is 17.3 Å². The first-order chi connectivity index (χ1) is 9.73. The maximum absolute atomic E-state index is 12.9. The van der Waals surface area contributed by atoms with Gasteiger partial charge in [0.2, 0.25) is 0 Å². The zero-order chi connectivity index (χ0) is 13.6. The average molecular weight is 295 g/mol. The Hall–Kier alpha value is -0.0600. The lowest BCUT2D eigenvalue weighted by molar-refractivity contribution is -0.136. The van der Waals surface area contributed by atoms with Gasteiger partial charge in [0.05, 0.1) is 5.60 Å². The molecule has 1 saturated carbocycles. The molecule has 4 fully saturated rings. The topological polar surface area (TPSA) is 38.3 Å². The molecule has 20 heavy (non-hydrogen) atoms. The van der Waals surface area contributed by atoms with Gasteiger partial charge in [-0.2, -0.15) is 11.8 Å². The lowest BCUT2D eigenvalue weighted by Gasteiger charge is -2.37. The van der Waals surface area contributed by atoms with Crippen LogP contribution in [0.5, 0.6) is 0 Å². The summed E-state index contributed by atoms with van der Waals surface area (Å²) in [6.07, 6.45) is 6.73. The number of ketones is 1. The summed E-state index contributed by atoms with van der Waals surface area (Å²) in [6, 6.07) is 0. The van der Waals surface area contributed by atoms with E-state index in [2.05, 4.69) is 5.32 Å². The van der Waals surface area contributed by atoms with Gasteiger partial charge in [0.25, 0.3) is 0 Å². The summed E-state index contributed by atoms with van der Waals surface area (Å²) >= 11 is 1.99. The first kappa shape index (κ1) is 13.6. The van der Waals surface area contributed by atoms with Crippen LogP contribution >= 0.6 is 11.8 Å². The van der Waals surface area contributed by atoms with E-state index in [1.54, 1.807) is 0 Å². The molecule has 3 nitrogen and oxygen atoms in total. The quantitative estimate of drug-likeness (QED) is 0.848. The molecule has 1 N–H and O–H groups in total. The molecule has 3 aliphatic heterocycles. The van der Waals surface area contributed by atoms with Gasteiger partial charge < -0.3 is 10.1 Å². The largest absolute Gasteiger partial charge is 0.374 e. The van der Waals surface area contributed by atoms with Gasteiger partial charge in [-0.25, -0.2) is 0 Å². The number of thioether (sulfide) groups is 1. The SMILES string of the molecule is O=C(C1CCOC2(CCSC2)C1)C1CC12CCNCC2. The molecule has 0 aromatic rings. The standard InChI is InChI=1S/C16H25NO2S/c18-14(13-10-15(13)2-5-17-6-3-15)12-1-7-19-16(9-12)4-8-20-11-16/h12-13,17H,1-11H2. The first-order valence-corrected chi connectivity index (χ1v) is 9.35. The second-order valence-electron chi connectivity index (χ2n) is 7.30. The summed E-state index contributed by atoms with van der Waals surface area (Å²) in [6.45, 7) is 3.02. The second-order valence-corrected chi connectivity index (χ2v) is 8.40. The number of hydrogen-bond donors (Lipinski definition) is 1. The van der Waals surface area contributed by atoms with E-state index >= 15 is 0 Å². The van der Waals surface area contributed by atoms with E-state index in [9.17, 15) is 4.79 Å². The first-order valence-electron chi connectivity index (χ1n) is 8.19. The van der Waals surface area contributed by atoms with Crippen molar-refractivity contribution in [3.63, 3.8) is 0 Å². The highest BCUT2D eigenvalue weighted by Gasteiger charge is 2.59. The predicted octanol–water partition coefficient (Wildman–Crippen LogP) is 2.25. The van der Waals surface area contributed by atoms with Crippen molar-refractivity contribution in [3.8, 4) is 0 Å². The van der Waals surface area contributed by atoms with Gasteiger partial charge in [-0.3, -0.25) is 4.79 Å². The molecule has 4 heteroatoms. The Morgan fingerprint density at radius 2 is 2.05 bits per heavy atom.